The first-order valence-electron chi connectivity index (χ1n) is 14.0. The van der Waals surface area contributed by atoms with Crippen molar-refractivity contribution in [2.45, 2.75) is 124 Å². The van der Waals surface area contributed by atoms with Crippen molar-refractivity contribution in [3.63, 3.8) is 0 Å². The highest BCUT2D eigenvalue weighted by atomic mass is 16.3. The van der Waals surface area contributed by atoms with E-state index in [9.17, 15) is 20.4 Å². The van der Waals surface area contributed by atoms with Crippen LogP contribution in [0.2, 0.25) is 0 Å². The number of hydrogen-bond donors (Lipinski definition) is 4. The fraction of sp³-hybridized carbons (Fsp3) is 0.933. The Bertz CT molecular complexity index is 798. The van der Waals surface area contributed by atoms with Gasteiger partial charge in [-0.3, -0.25) is 0 Å². The Morgan fingerprint density at radius 3 is 2.09 bits per heavy atom. The predicted octanol–water partition coefficient (Wildman–Crippen LogP) is 5.47. The molecule has 4 N–H and O–H groups in total. The van der Waals surface area contributed by atoms with Crippen LogP contribution in [0.15, 0.2) is 12.2 Å². The molecule has 4 nitrogen and oxygen atoms in total. The Balaban J connectivity index is 1.62. The summed E-state index contributed by atoms with van der Waals surface area (Å²) in [5.74, 6) is 1.75. The molecule has 4 aliphatic carbocycles. The second-order valence-corrected chi connectivity index (χ2v) is 14.6. The molecule has 10 atom stereocenters. The summed E-state index contributed by atoms with van der Waals surface area (Å²) in [6.07, 6.45) is 12.6. The number of rotatable bonds is 5. The zero-order chi connectivity index (χ0) is 25.4. The zero-order valence-corrected chi connectivity index (χ0v) is 22.9. The van der Waals surface area contributed by atoms with Crippen LogP contribution in [0.4, 0.5) is 0 Å². The molecule has 0 aromatic heterocycles. The summed E-state index contributed by atoms with van der Waals surface area (Å²) in [5, 5.41) is 42.9. The Kier molecular flexibility index (Phi) is 6.50. The van der Waals surface area contributed by atoms with Crippen molar-refractivity contribution in [3.05, 3.63) is 12.2 Å². The SMILES string of the molecule is CC(C)(O)C=CCC(C)(O)C1CCC2(C)C1CCC1C3(C)CCC(O)C(C)(CO)C3CCC12C. The number of hydrogen-bond acceptors (Lipinski definition) is 4. The fourth-order valence-electron chi connectivity index (χ4n) is 10.3. The molecule has 4 rings (SSSR count). The van der Waals surface area contributed by atoms with Gasteiger partial charge in [-0.05, 0) is 118 Å². The van der Waals surface area contributed by atoms with E-state index in [1.807, 2.05) is 19.1 Å². The molecule has 0 bridgehead atoms. The van der Waals surface area contributed by atoms with Gasteiger partial charge in [-0.1, -0.05) is 39.8 Å². The van der Waals surface area contributed by atoms with Crippen LogP contribution in [0, 0.1) is 45.3 Å². The van der Waals surface area contributed by atoms with Crippen LogP contribution >= 0.6 is 0 Å². The number of aliphatic hydroxyl groups is 4. The third kappa shape index (κ3) is 3.76. The first-order chi connectivity index (χ1) is 15.6. The van der Waals surface area contributed by atoms with Gasteiger partial charge in [0.15, 0.2) is 0 Å². The van der Waals surface area contributed by atoms with E-state index in [1.165, 1.54) is 12.8 Å². The maximum Gasteiger partial charge on any atom is 0.0771 e. The average molecular weight is 477 g/mol. The van der Waals surface area contributed by atoms with E-state index in [2.05, 4.69) is 27.7 Å². The van der Waals surface area contributed by atoms with Gasteiger partial charge < -0.3 is 20.4 Å². The van der Waals surface area contributed by atoms with Crippen molar-refractivity contribution in [1.29, 1.82) is 0 Å². The van der Waals surface area contributed by atoms with E-state index < -0.39 is 22.7 Å². The second-order valence-electron chi connectivity index (χ2n) is 14.6. The molecule has 4 fully saturated rings. The summed E-state index contributed by atoms with van der Waals surface area (Å²) in [5.41, 5.74) is -1.46. The molecule has 10 unspecified atom stereocenters. The smallest absolute Gasteiger partial charge is 0.0771 e. The van der Waals surface area contributed by atoms with Crippen LogP contribution in [0.25, 0.3) is 0 Å². The van der Waals surface area contributed by atoms with Crippen LogP contribution in [-0.4, -0.2) is 44.3 Å². The van der Waals surface area contributed by atoms with Crippen molar-refractivity contribution in [2.24, 2.45) is 45.3 Å². The Morgan fingerprint density at radius 1 is 0.824 bits per heavy atom. The highest BCUT2D eigenvalue weighted by Crippen LogP contribution is 2.75. The van der Waals surface area contributed by atoms with Crippen molar-refractivity contribution in [3.8, 4) is 0 Å². The summed E-state index contributed by atoms with van der Waals surface area (Å²) in [6, 6.07) is 0. The molecule has 0 aromatic rings. The first-order valence-corrected chi connectivity index (χ1v) is 14.0. The van der Waals surface area contributed by atoms with Crippen LogP contribution < -0.4 is 0 Å². The first kappa shape index (κ1) is 26.6. The van der Waals surface area contributed by atoms with Gasteiger partial charge in [0.1, 0.15) is 0 Å². The van der Waals surface area contributed by atoms with E-state index in [1.54, 1.807) is 13.8 Å². The molecule has 4 heteroatoms. The lowest BCUT2D eigenvalue weighted by Gasteiger charge is -2.70. The van der Waals surface area contributed by atoms with Crippen molar-refractivity contribution < 1.29 is 20.4 Å². The summed E-state index contributed by atoms with van der Waals surface area (Å²) < 4.78 is 0. The van der Waals surface area contributed by atoms with E-state index in [4.69, 9.17) is 0 Å². The quantitative estimate of drug-likeness (QED) is 0.397. The molecule has 196 valence electrons. The Labute approximate surface area is 208 Å². The average Bonchev–Trinajstić information content (AvgIpc) is 3.09. The molecule has 4 aliphatic rings. The van der Waals surface area contributed by atoms with E-state index >= 15 is 0 Å². The van der Waals surface area contributed by atoms with Crippen LogP contribution in [-0.2, 0) is 0 Å². The van der Waals surface area contributed by atoms with E-state index in [0.717, 1.165) is 38.5 Å². The molecule has 0 aromatic carbocycles. The molecule has 0 radical (unpaired) electrons. The molecular formula is C30H52O4. The van der Waals surface area contributed by atoms with Gasteiger partial charge in [0.25, 0.3) is 0 Å². The molecule has 0 amide bonds. The van der Waals surface area contributed by atoms with E-state index in [0.29, 0.717) is 24.2 Å². The third-order valence-corrected chi connectivity index (χ3v) is 12.4. The van der Waals surface area contributed by atoms with E-state index in [-0.39, 0.29) is 28.8 Å². The lowest BCUT2D eigenvalue weighted by Crippen LogP contribution is -2.65. The maximum absolute atomic E-state index is 11.6. The molecule has 0 spiro atoms. The van der Waals surface area contributed by atoms with Gasteiger partial charge in [-0.15, -0.1) is 0 Å². The predicted molar refractivity (Wildman–Crippen MR) is 137 cm³/mol. The summed E-state index contributed by atoms with van der Waals surface area (Å²) >= 11 is 0. The van der Waals surface area contributed by atoms with Crippen molar-refractivity contribution >= 4 is 0 Å². The van der Waals surface area contributed by atoms with Crippen molar-refractivity contribution in [2.75, 3.05) is 6.61 Å². The van der Waals surface area contributed by atoms with Crippen LogP contribution in [0.1, 0.15) is 106 Å². The second kappa shape index (κ2) is 8.30. The Hall–Kier alpha value is -0.420. The molecule has 34 heavy (non-hydrogen) atoms. The molecular weight excluding hydrogens is 424 g/mol. The molecule has 0 heterocycles. The fourth-order valence-corrected chi connectivity index (χ4v) is 10.3. The topological polar surface area (TPSA) is 80.9 Å². The summed E-state index contributed by atoms with van der Waals surface area (Å²) in [7, 11) is 0. The minimum atomic E-state index is -0.851. The minimum Gasteiger partial charge on any atom is -0.396 e. The molecule has 0 aliphatic heterocycles. The third-order valence-electron chi connectivity index (χ3n) is 12.4. The summed E-state index contributed by atoms with van der Waals surface area (Å²) in [6.45, 7) is 15.3. The maximum atomic E-state index is 11.6. The highest BCUT2D eigenvalue weighted by Gasteiger charge is 2.69. The van der Waals surface area contributed by atoms with Gasteiger partial charge in [0.2, 0.25) is 0 Å². The molecule has 0 saturated heterocycles. The van der Waals surface area contributed by atoms with Gasteiger partial charge in [-0.25, -0.2) is 0 Å². The standard InChI is InChI=1S/C30H52O4/c1-25(2,33)14-8-15-30(7,34)21-11-17-28(5)20(21)9-10-23-26(3)16-13-24(32)27(4,19-31)22(26)12-18-29(23,28)6/h8,14,20-24,31-34H,9-13,15-19H2,1-7H3. The number of fused-ring (bicyclic) bond motifs is 5. The van der Waals surface area contributed by atoms with Gasteiger partial charge >= 0.3 is 0 Å². The summed E-state index contributed by atoms with van der Waals surface area (Å²) in [4.78, 5) is 0. The largest absolute Gasteiger partial charge is 0.396 e. The molecule has 4 saturated carbocycles. The van der Waals surface area contributed by atoms with Crippen LogP contribution in [0.3, 0.4) is 0 Å². The van der Waals surface area contributed by atoms with Gasteiger partial charge in [0, 0.05) is 5.41 Å². The lowest BCUT2D eigenvalue weighted by atomic mass is 9.35. The highest BCUT2D eigenvalue weighted by molar-refractivity contribution is 5.19. The van der Waals surface area contributed by atoms with Gasteiger partial charge in [0.05, 0.1) is 23.9 Å². The normalized spacial score (nSPS) is 51.0. The van der Waals surface area contributed by atoms with Crippen LogP contribution in [0.5, 0.6) is 0 Å². The van der Waals surface area contributed by atoms with Gasteiger partial charge in [-0.2, -0.15) is 0 Å². The minimum absolute atomic E-state index is 0.0703. The van der Waals surface area contributed by atoms with Crippen molar-refractivity contribution in [1.82, 2.24) is 0 Å². The Morgan fingerprint density at radius 2 is 1.47 bits per heavy atom. The monoisotopic (exact) mass is 476 g/mol. The number of aliphatic hydroxyl groups excluding tert-OH is 2. The lowest BCUT2D eigenvalue weighted by molar-refractivity contribution is -0.234. The zero-order valence-electron chi connectivity index (χ0n) is 22.9.